The largest absolute Gasteiger partial charge is 0.348 e. The third kappa shape index (κ3) is 4.11. The fraction of sp³-hybridized carbons (Fsp3) is 0.222. The van der Waals surface area contributed by atoms with Gasteiger partial charge in [0.25, 0.3) is 5.91 Å². The Hall–Kier alpha value is -2.33. The summed E-state index contributed by atoms with van der Waals surface area (Å²) in [5.74, 6) is 0.0658. The van der Waals surface area contributed by atoms with Gasteiger partial charge in [-0.1, -0.05) is 35.9 Å². The Labute approximate surface area is 139 Å². The number of halogens is 1. The fourth-order valence-electron chi connectivity index (χ4n) is 2.22. The van der Waals surface area contributed by atoms with E-state index in [1.54, 1.807) is 24.3 Å². The lowest BCUT2D eigenvalue weighted by Crippen LogP contribution is -2.23. The third-order valence-electron chi connectivity index (χ3n) is 3.74. The molecule has 0 radical (unpaired) electrons. The zero-order chi connectivity index (χ0) is 16.2. The molecule has 2 amide bonds. The quantitative estimate of drug-likeness (QED) is 0.880. The van der Waals surface area contributed by atoms with Crippen LogP contribution in [0.1, 0.15) is 28.8 Å². The SMILES string of the molecule is O=C(NCc1ccc(NC(=O)C2CC2)cc1)c1ccccc1Cl. The summed E-state index contributed by atoms with van der Waals surface area (Å²) in [4.78, 5) is 23.8. The molecule has 3 rings (SSSR count). The van der Waals surface area contributed by atoms with Crippen LogP contribution in [0, 0.1) is 5.92 Å². The molecule has 2 aromatic rings. The summed E-state index contributed by atoms with van der Waals surface area (Å²) < 4.78 is 0. The first-order valence-electron chi connectivity index (χ1n) is 7.56. The van der Waals surface area contributed by atoms with Gasteiger partial charge in [0.15, 0.2) is 0 Å². The van der Waals surface area contributed by atoms with Crippen molar-refractivity contribution in [1.82, 2.24) is 5.32 Å². The van der Waals surface area contributed by atoms with Crippen LogP contribution in [0.2, 0.25) is 5.02 Å². The summed E-state index contributed by atoms with van der Waals surface area (Å²) in [6.07, 6.45) is 1.97. The lowest BCUT2D eigenvalue weighted by molar-refractivity contribution is -0.117. The number of nitrogens with one attached hydrogen (secondary N) is 2. The molecule has 0 spiro atoms. The number of anilines is 1. The molecule has 0 bridgehead atoms. The Morgan fingerprint density at radius 3 is 2.39 bits per heavy atom. The van der Waals surface area contributed by atoms with Crippen molar-refractivity contribution >= 4 is 29.1 Å². The van der Waals surface area contributed by atoms with Crippen LogP contribution < -0.4 is 10.6 Å². The second-order valence-electron chi connectivity index (χ2n) is 5.62. The van der Waals surface area contributed by atoms with E-state index in [2.05, 4.69) is 10.6 Å². The topological polar surface area (TPSA) is 58.2 Å². The van der Waals surface area contributed by atoms with Gasteiger partial charge in [0.05, 0.1) is 10.6 Å². The van der Waals surface area contributed by atoms with Crippen LogP contribution >= 0.6 is 11.6 Å². The zero-order valence-electron chi connectivity index (χ0n) is 12.5. The van der Waals surface area contributed by atoms with Gasteiger partial charge in [-0.3, -0.25) is 9.59 Å². The first-order valence-corrected chi connectivity index (χ1v) is 7.94. The number of carbonyl (C=O) groups excluding carboxylic acids is 2. The number of amides is 2. The van der Waals surface area contributed by atoms with Crippen molar-refractivity contribution in [1.29, 1.82) is 0 Å². The predicted octanol–water partition coefficient (Wildman–Crippen LogP) is 3.62. The highest BCUT2D eigenvalue weighted by Crippen LogP contribution is 2.30. The molecule has 23 heavy (non-hydrogen) atoms. The van der Waals surface area contributed by atoms with Gasteiger partial charge < -0.3 is 10.6 Å². The maximum Gasteiger partial charge on any atom is 0.253 e. The molecular weight excluding hydrogens is 312 g/mol. The van der Waals surface area contributed by atoms with E-state index in [0.717, 1.165) is 24.1 Å². The van der Waals surface area contributed by atoms with E-state index < -0.39 is 0 Å². The average Bonchev–Trinajstić information content (AvgIpc) is 3.39. The third-order valence-corrected chi connectivity index (χ3v) is 4.07. The summed E-state index contributed by atoms with van der Waals surface area (Å²) in [6, 6.07) is 14.4. The Morgan fingerprint density at radius 1 is 1.04 bits per heavy atom. The summed E-state index contributed by atoms with van der Waals surface area (Å²) in [7, 11) is 0. The van der Waals surface area contributed by atoms with Crippen LogP contribution in [-0.2, 0) is 11.3 Å². The van der Waals surface area contributed by atoms with E-state index in [1.807, 2.05) is 24.3 Å². The van der Waals surface area contributed by atoms with E-state index >= 15 is 0 Å². The first-order chi connectivity index (χ1) is 11.1. The molecule has 1 aliphatic carbocycles. The fourth-order valence-corrected chi connectivity index (χ4v) is 2.44. The minimum absolute atomic E-state index is 0.0878. The highest BCUT2D eigenvalue weighted by Gasteiger charge is 2.29. The lowest BCUT2D eigenvalue weighted by atomic mass is 10.1. The van der Waals surface area contributed by atoms with Crippen molar-refractivity contribution < 1.29 is 9.59 Å². The van der Waals surface area contributed by atoms with E-state index in [9.17, 15) is 9.59 Å². The second kappa shape index (κ2) is 6.84. The Morgan fingerprint density at radius 2 is 1.74 bits per heavy atom. The van der Waals surface area contributed by atoms with Crippen molar-refractivity contribution in [2.24, 2.45) is 5.92 Å². The van der Waals surface area contributed by atoms with Crippen LogP contribution in [0.25, 0.3) is 0 Å². The highest BCUT2D eigenvalue weighted by molar-refractivity contribution is 6.33. The summed E-state index contributed by atoms with van der Waals surface area (Å²) in [5.41, 5.74) is 2.19. The zero-order valence-corrected chi connectivity index (χ0v) is 13.3. The van der Waals surface area contributed by atoms with Gasteiger partial charge in [-0.15, -0.1) is 0 Å². The highest BCUT2D eigenvalue weighted by atomic mass is 35.5. The predicted molar refractivity (Wildman–Crippen MR) is 90.4 cm³/mol. The summed E-state index contributed by atoms with van der Waals surface area (Å²) in [5, 5.41) is 6.15. The maximum absolute atomic E-state index is 12.1. The van der Waals surface area contributed by atoms with Gasteiger partial charge >= 0.3 is 0 Å². The molecular formula is C18H17ClN2O2. The van der Waals surface area contributed by atoms with Gasteiger partial charge in [-0.2, -0.15) is 0 Å². The van der Waals surface area contributed by atoms with E-state index in [4.69, 9.17) is 11.6 Å². The number of benzene rings is 2. The molecule has 0 unspecified atom stereocenters. The lowest BCUT2D eigenvalue weighted by Gasteiger charge is -2.08. The molecule has 1 aliphatic rings. The molecule has 2 aromatic carbocycles. The molecule has 4 nitrogen and oxygen atoms in total. The van der Waals surface area contributed by atoms with E-state index in [-0.39, 0.29) is 17.7 Å². The standard InChI is InChI=1S/C18H17ClN2O2/c19-16-4-2-1-3-15(16)18(23)20-11-12-5-9-14(10-6-12)21-17(22)13-7-8-13/h1-6,9-10,13H,7-8,11H2,(H,20,23)(H,21,22). The van der Waals surface area contributed by atoms with Crippen molar-refractivity contribution in [3.63, 3.8) is 0 Å². The summed E-state index contributed by atoms with van der Waals surface area (Å²) in [6.45, 7) is 0.404. The number of rotatable bonds is 5. The van der Waals surface area contributed by atoms with Gasteiger partial charge in [-0.05, 0) is 42.7 Å². The molecule has 0 saturated heterocycles. The minimum Gasteiger partial charge on any atom is -0.348 e. The molecule has 0 aromatic heterocycles. The van der Waals surface area contributed by atoms with Crippen LogP contribution in [0.3, 0.4) is 0 Å². The van der Waals surface area contributed by atoms with Crippen molar-refractivity contribution in [3.8, 4) is 0 Å². The van der Waals surface area contributed by atoms with Crippen LogP contribution in [0.15, 0.2) is 48.5 Å². The normalized spacial score (nSPS) is 13.4. The van der Waals surface area contributed by atoms with Crippen LogP contribution in [0.5, 0.6) is 0 Å². The van der Waals surface area contributed by atoms with Crippen molar-refractivity contribution in [2.45, 2.75) is 19.4 Å². The van der Waals surface area contributed by atoms with E-state index in [0.29, 0.717) is 17.1 Å². The minimum atomic E-state index is -0.207. The Bertz CT molecular complexity index is 724. The molecule has 118 valence electrons. The van der Waals surface area contributed by atoms with E-state index in [1.165, 1.54) is 0 Å². The van der Waals surface area contributed by atoms with Crippen LogP contribution in [-0.4, -0.2) is 11.8 Å². The van der Waals surface area contributed by atoms with Gasteiger partial charge in [0, 0.05) is 18.2 Å². The number of hydrogen-bond donors (Lipinski definition) is 2. The Kier molecular flexibility index (Phi) is 4.63. The molecule has 0 aliphatic heterocycles. The molecule has 0 atom stereocenters. The molecule has 1 saturated carbocycles. The van der Waals surface area contributed by atoms with Crippen LogP contribution in [0.4, 0.5) is 5.69 Å². The van der Waals surface area contributed by atoms with Crippen molar-refractivity contribution in [2.75, 3.05) is 5.32 Å². The number of carbonyl (C=O) groups is 2. The van der Waals surface area contributed by atoms with Gasteiger partial charge in [0.1, 0.15) is 0 Å². The number of hydrogen-bond acceptors (Lipinski definition) is 2. The monoisotopic (exact) mass is 328 g/mol. The van der Waals surface area contributed by atoms with Gasteiger partial charge in [-0.25, -0.2) is 0 Å². The average molecular weight is 329 g/mol. The Balaban J connectivity index is 1.55. The van der Waals surface area contributed by atoms with Crippen molar-refractivity contribution in [3.05, 3.63) is 64.7 Å². The maximum atomic E-state index is 12.1. The van der Waals surface area contributed by atoms with Gasteiger partial charge in [0.2, 0.25) is 5.91 Å². The molecule has 5 heteroatoms. The smallest absolute Gasteiger partial charge is 0.253 e. The molecule has 0 heterocycles. The molecule has 2 N–H and O–H groups in total. The summed E-state index contributed by atoms with van der Waals surface area (Å²) >= 11 is 6.00. The molecule has 1 fully saturated rings. The second-order valence-corrected chi connectivity index (χ2v) is 6.03. The first kappa shape index (κ1) is 15.6.